The molecule has 0 bridgehead atoms. The fourth-order valence-electron chi connectivity index (χ4n) is 3.40. The van der Waals surface area contributed by atoms with E-state index in [2.05, 4.69) is 42.6 Å². The van der Waals surface area contributed by atoms with Gasteiger partial charge in [0.2, 0.25) is 0 Å². The Morgan fingerprint density at radius 3 is 2.45 bits per heavy atom. The van der Waals surface area contributed by atoms with Crippen LogP contribution in [0.15, 0.2) is 30.3 Å². The van der Waals surface area contributed by atoms with Gasteiger partial charge in [-0.3, -0.25) is 0 Å². The molecule has 1 atom stereocenters. The molecule has 1 saturated carbocycles. The fourth-order valence-corrected chi connectivity index (χ4v) is 3.40. The van der Waals surface area contributed by atoms with Crippen molar-refractivity contribution in [2.24, 2.45) is 5.92 Å². The number of benzene rings is 1. The van der Waals surface area contributed by atoms with E-state index in [0.29, 0.717) is 12.1 Å². The quantitative estimate of drug-likeness (QED) is 0.800. The molecule has 1 fully saturated rings. The second kappa shape index (κ2) is 8.43. The van der Waals surface area contributed by atoms with Crippen molar-refractivity contribution in [2.75, 3.05) is 13.7 Å². The van der Waals surface area contributed by atoms with Gasteiger partial charge >= 0.3 is 0 Å². The molecule has 1 unspecified atom stereocenters. The summed E-state index contributed by atoms with van der Waals surface area (Å²) in [5.41, 5.74) is 1.34. The third kappa shape index (κ3) is 4.60. The number of ether oxygens (including phenoxy) is 1. The Hall–Kier alpha value is -0.860. The summed E-state index contributed by atoms with van der Waals surface area (Å²) in [6.07, 6.45) is 8.15. The van der Waals surface area contributed by atoms with Crippen molar-refractivity contribution in [1.29, 1.82) is 0 Å². The third-order valence-electron chi connectivity index (χ3n) is 4.52. The number of hydrogen-bond donors (Lipinski definition) is 1. The summed E-state index contributed by atoms with van der Waals surface area (Å²) in [7, 11) is 1.79. The molecule has 1 aromatic rings. The molecular formula is C18H29NO. The molecule has 0 radical (unpaired) electrons. The predicted molar refractivity (Wildman–Crippen MR) is 84.8 cm³/mol. The zero-order valence-electron chi connectivity index (χ0n) is 13.0. The monoisotopic (exact) mass is 275 g/mol. The van der Waals surface area contributed by atoms with E-state index < -0.39 is 0 Å². The third-order valence-corrected chi connectivity index (χ3v) is 4.52. The van der Waals surface area contributed by atoms with E-state index >= 15 is 0 Å². The first-order valence-corrected chi connectivity index (χ1v) is 8.13. The van der Waals surface area contributed by atoms with E-state index in [0.717, 1.165) is 12.5 Å². The van der Waals surface area contributed by atoms with Gasteiger partial charge in [-0.25, -0.2) is 0 Å². The van der Waals surface area contributed by atoms with Gasteiger partial charge in [-0.2, -0.15) is 0 Å². The molecule has 20 heavy (non-hydrogen) atoms. The van der Waals surface area contributed by atoms with Crippen molar-refractivity contribution in [2.45, 2.75) is 57.5 Å². The van der Waals surface area contributed by atoms with Crippen molar-refractivity contribution in [3.8, 4) is 0 Å². The van der Waals surface area contributed by atoms with Crippen LogP contribution in [0.1, 0.15) is 57.1 Å². The van der Waals surface area contributed by atoms with Crippen LogP contribution >= 0.6 is 0 Å². The molecule has 1 N–H and O–H groups in total. The molecule has 1 aromatic carbocycles. The van der Waals surface area contributed by atoms with Gasteiger partial charge in [-0.1, -0.05) is 50.1 Å². The van der Waals surface area contributed by atoms with Gasteiger partial charge in [0, 0.05) is 13.2 Å². The highest BCUT2D eigenvalue weighted by Crippen LogP contribution is 2.29. The summed E-state index contributed by atoms with van der Waals surface area (Å²) in [6, 6.07) is 11.7. The van der Waals surface area contributed by atoms with E-state index in [9.17, 15) is 0 Å². The summed E-state index contributed by atoms with van der Waals surface area (Å²) >= 11 is 0. The van der Waals surface area contributed by atoms with E-state index in [4.69, 9.17) is 4.74 Å². The van der Waals surface area contributed by atoms with Crippen LogP contribution in [0.25, 0.3) is 0 Å². The molecule has 1 aliphatic carbocycles. The van der Waals surface area contributed by atoms with Crippen LogP contribution in [0.2, 0.25) is 0 Å². The number of rotatable bonds is 7. The summed E-state index contributed by atoms with van der Waals surface area (Å²) < 4.78 is 5.40. The van der Waals surface area contributed by atoms with Gasteiger partial charge < -0.3 is 10.1 Å². The Bertz CT molecular complexity index is 357. The maximum Gasteiger partial charge on any atom is 0.0657 e. The largest absolute Gasteiger partial charge is 0.383 e. The van der Waals surface area contributed by atoms with Crippen LogP contribution in [0.3, 0.4) is 0 Å². The predicted octanol–water partition coefficient (Wildman–Crippen LogP) is 4.32. The molecule has 1 aliphatic rings. The van der Waals surface area contributed by atoms with Gasteiger partial charge in [0.05, 0.1) is 12.6 Å². The average molecular weight is 275 g/mol. The second-order valence-electron chi connectivity index (χ2n) is 6.09. The van der Waals surface area contributed by atoms with Gasteiger partial charge in [0.15, 0.2) is 0 Å². The first-order chi connectivity index (χ1) is 9.83. The maximum absolute atomic E-state index is 5.40. The summed E-state index contributed by atoms with van der Waals surface area (Å²) in [5, 5.41) is 3.81. The highest BCUT2D eigenvalue weighted by molar-refractivity contribution is 5.19. The normalized spacial score (nSPS) is 24.5. The van der Waals surface area contributed by atoms with Crippen LogP contribution < -0.4 is 5.32 Å². The van der Waals surface area contributed by atoms with E-state index in [-0.39, 0.29) is 0 Å². The topological polar surface area (TPSA) is 21.3 Å². The number of nitrogens with one attached hydrogen (secondary N) is 1. The molecular weight excluding hydrogens is 246 g/mol. The molecule has 0 aromatic heterocycles. The molecule has 112 valence electrons. The Balaban J connectivity index is 1.87. The lowest BCUT2D eigenvalue weighted by Gasteiger charge is -2.32. The SMILES string of the molecule is CCCC1CCC(NC(COC)c2ccccc2)CC1. The van der Waals surface area contributed by atoms with Crippen LogP contribution in [-0.2, 0) is 4.74 Å². The molecule has 0 aliphatic heterocycles. The van der Waals surface area contributed by atoms with Crippen molar-refractivity contribution in [3.05, 3.63) is 35.9 Å². The lowest BCUT2D eigenvalue weighted by Crippen LogP contribution is -2.37. The number of hydrogen-bond acceptors (Lipinski definition) is 2. The Morgan fingerprint density at radius 1 is 1.15 bits per heavy atom. The van der Waals surface area contributed by atoms with Gasteiger partial charge in [0.1, 0.15) is 0 Å². The standard InChI is InChI=1S/C18H29NO/c1-3-7-15-10-12-17(13-11-15)19-18(14-20-2)16-8-5-4-6-9-16/h4-6,8-9,15,17-19H,3,7,10-14H2,1-2H3. The van der Waals surface area contributed by atoms with Crippen LogP contribution in [-0.4, -0.2) is 19.8 Å². The molecule has 2 rings (SSSR count). The van der Waals surface area contributed by atoms with Gasteiger partial charge in [0.25, 0.3) is 0 Å². The molecule has 2 nitrogen and oxygen atoms in total. The Kier molecular flexibility index (Phi) is 6.55. The Morgan fingerprint density at radius 2 is 1.85 bits per heavy atom. The zero-order chi connectivity index (χ0) is 14.2. The summed E-state index contributed by atoms with van der Waals surface area (Å²) in [4.78, 5) is 0. The molecule has 0 saturated heterocycles. The van der Waals surface area contributed by atoms with Crippen LogP contribution in [0.4, 0.5) is 0 Å². The lowest BCUT2D eigenvalue weighted by atomic mass is 9.83. The average Bonchev–Trinajstić information content (AvgIpc) is 2.50. The molecule has 0 amide bonds. The van der Waals surface area contributed by atoms with Gasteiger partial charge in [-0.05, 0) is 37.2 Å². The van der Waals surface area contributed by atoms with Crippen molar-refractivity contribution < 1.29 is 4.74 Å². The smallest absolute Gasteiger partial charge is 0.0657 e. The highest BCUT2D eigenvalue weighted by atomic mass is 16.5. The van der Waals surface area contributed by atoms with Crippen LogP contribution in [0, 0.1) is 5.92 Å². The highest BCUT2D eigenvalue weighted by Gasteiger charge is 2.23. The summed E-state index contributed by atoms with van der Waals surface area (Å²) in [6.45, 7) is 3.05. The van der Waals surface area contributed by atoms with Crippen LogP contribution in [0.5, 0.6) is 0 Å². The summed E-state index contributed by atoms with van der Waals surface area (Å²) in [5.74, 6) is 0.968. The van der Waals surface area contributed by atoms with Crippen molar-refractivity contribution in [3.63, 3.8) is 0 Å². The molecule has 2 heteroatoms. The van der Waals surface area contributed by atoms with E-state index in [1.54, 1.807) is 7.11 Å². The minimum absolute atomic E-state index is 0.328. The van der Waals surface area contributed by atoms with E-state index in [1.807, 2.05) is 0 Å². The first-order valence-electron chi connectivity index (χ1n) is 8.13. The minimum Gasteiger partial charge on any atom is -0.383 e. The first kappa shape index (κ1) is 15.5. The van der Waals surface area contributed by atoms with E-state index in [1.165, 1.54) is 44.1 Å². The lowest BCUT2D eigenvalue weighted by molar-refractivity contribution is 0.151. The zero-order valence-corrected chi connectivity index (χ0v) is 13.0. The minimum atomic E-state index is 0.328. The fraction of sp³-hybridized carbons (Fsp3) is 0.667. The Labute approximate surface area is 123 Å². The van der Waals surface area contributed by atoms with Crippen molar-refractivity contribution >= 4 is 0 Å². The van der Waals surface area contributed by atoms with Gasteiger partial charge in [-0.15, -0.1) is 0 Å². The maximum atomic E-state index is 5.40. The molecule has 0 heterocycles. The second-order valence-corrected chi connectivity index (χ2v) is 6.09. The molecule has 0 spiro atoms. The van der Waals surface area contributed by atoms with Crippen molar-refractivity contribution in [1.82, 2.24) is 5.32 Å². The number of methoxy groups -OCH3 is 1.